The Morgan fingerprint density at radius 2 is 1.00 bits per heavy atom. The largest absolute Gasteiger partial charge is 0.404 e. The number of carbonyl (C=O) groups excluding carboxylic acids is 1. The molecule has 0 aliphatic carbocycles. The Hall–Kier alpha value is -1.24. The lowest BCUT2D eigenvalue weighted by molar-refractivity contribution is -0.407. The standard InChI is InChI=1S/C7HF13O/c8-1(9)3(11,12)5(15,16)7(19,20)6(17,18)4(13,14)2(10)21/h1H. The van der Waals surface area contributed by atoms with E-state index in [1.807, 2.05) is 0 Å². The van der Waals surface area contributed by atoms with Gasteiger partial charge in [0.05, 0.1) is 0 Å². The highest BCUT2D eigenvalue weighted by Crippen LogP contribution is 2.58. The van der Waals surface area contributed by atoms with E-state index in [4.69, 9.17) is 0 Å². The van der Waals surface area contributed by atoms with Gasteiger partial charge >= 0.3 is 42.1 Å². The normalized spacial score (nSPS) is 15.5. The Kier molecular flexibility index (Phi) is 4.61. The van der Waals surface area contributed by atoms with Gasteiger partial charge in [-0.1, -0.05) is 0 Å². The highest BCUT2D eigenvalue weighted by molar-refractivity contribution is 5.78. The van der Waals surface area contributed by atoms with Crippen LogP contribution in [0.25, 0.3) is 0 Å². The van der Waals surface area contributed by atoms with Gasteiger partial charge in [0, 0.05) is 0 Å². The van der Waals surface area contributed by atoms with Crippen molar-refractivity contribution >= 4 is 6.04 Å². The van der Waals surface area contributed by atoms with Gasteiger partial charge in [0.2, 0.25) is 0 Å². The molecule has 1 nitrogen and oxygen atoms in total. The summed E-state index contributed by atoms with van der Waals surface area (Å²) in [6.45, 7) is 0. The summed E-state index contributed by atoms with van der Waals surface area (Å²) < 4.78 is 159. The number of carbonyl (C=O) groups is 1. The van der Waals surface area contributed by atoms with Crippen molar-refractivity contribution < 1.29 is 61.9 Å². The summed E-state index contributed by atoms with van der Waals surface area (Å²) in [5, 5.41) is 0. The smallest absolute Gasteiger partial charge is 0.254 e. The fourth-order valence-electron chi connectivity index (χ4n) is 0.864. The molecule has 0 aliphatic rings. The highest BCUT2D eigenvalue weighted by atomic mass is 19.4. The van der Waals surface area contributed by atoms with E-state index >= 15 is 0 Å². The molecule has 0 aliphatic heterocycles. The van der Waals surface area contributed by atoms with Crippen LogP contribution < -0.4 is 0 Å². The van der Waals surface area contributed by atoms with Crippen molar-refractivity contribution in [1.82, 2.24) is 0 Å². The molecule has 0 N–H and O–H groups in total. The summed E-state index contributed by atoms with van der Waals surface area (Å²) in [6, 6.07) is -4.55. The van der Waals surface area contributed by atoms with Crippen LogP contribution in [0.5, 0.6) is 0 Å². The molecule has 0 aromatic carbocycles. The van der Waals surface area contributed by atoms with Gasteiger partial charge in [0.25, 0.3) is 0 Å². The van der Waals surface area contributed by atoms with Gasteiger partial charge in [0.1, 0.15) is 0 Å². The fraction of sp³-hybridized carbons (Fsp3) is 0.857. The van der Waals surface area contributed by atoms with Crippen LogP contribution in [-0.4, -0.2) is 42.1 Å². The predicted molar refractivity (Wildman–Crippen MR) is 36.9 cm³/mol. The summed E-state index contributed by atoms with van der Waals surface area (Å²) in [5.74, 6) is -37.6. The van der Waals surface area contributed by atoms with Crippen molar-refractivity contribution in [3.63, 3.8) is 0 Å². The number of hydrogen-bond donors (Lipinski definition) is 0. The second-order valence-electron chi connectivity index (χ2n) is 3.49. The third kappa shape index (κ3) is 2.41. The van der Waals surface area contributed by atoms with Gasteiger partial charge < -0.3 is 0 Å². The zero-order chi connectivity index (χ0) is 17.7. The Bertz CT molecular complexity index is 411. The van der Waals surface area contributed by atoms with Crippen LogP contribution in [0.4, 0.5) is 57.1 Å². The molecule has 0 saturated carbocycles. The van der Waals surface area contributed by atoms with E-state index in [9.17, 15) is 61.9 Å². The van der Waals surface area contributed by atoms with Crippen LogP contribution in [-0.2, 0) is 4.79 Å². The van der Waals surface area contributed by atoms with Crippen LogP contribution in [0.1, 0.15) is 0 Å². The van der Waals surface area contributed by atoms with Gasteiger partial charge in [-0.3, -0.25) is 4.79 Å². The molecule has 0 atom stereocenters. The lowest BCUT2D eigenvalue weighted by atomic mass is 9.94. The quantitative estimate of drug-likeness (QED) is 0.525. The van der Waals surface area contributed by atoms with Crippen molar-refractivity contribution in [2.75, 3.05) is 0 Å². The maximum absolute atomic E-state index is 12.6. The minimum atomic E-state index is -7.88. The van der Waals surface area contributed by atoms with Gasteiger partial charge in [-0.05, 0) is 0 Å². The maximum atomic E-state index is 12.6. The van der Waals surface area contributed by atoms with Crippen LogP contribution in [0.2, 0.25) is 0 Å². The minimum absolute atomic E-state index is 4.55. The Labute approximate surface area is 105 Å². The monoisotopic (exact) mass is 348 g/mol. The molecule has 0 amide bonds. The fourth-order valence-corrected chi connectivity index (χ4v) is 0.864. The third-order valence-electron chi connectivity index (χ3n) is 2.12. The summed E-state index contributed by atoms with van der Waals surface area (Å²) in [5.41, 5.74) is 0. The molecule has 0 rings (SSSR count). The number of rotatable bonds is 6. The molecule has 0 spiro atoms. The Morgan fingerprint density at radius 3 is 1.24 bits per heavy atom. The molecule has 0 aromatic heterocycles. The van der Waals surface area contributed by atoms with E-state index in [1.165, 1.54) is 0 Å². The minimum Gasteiger partial charge on any atom is -0.254 e. The number of hydrogen-bond acceptors (Lipinski definition) is 1. The molecule has 0 fully saturated rings. The molecular weight excluding hydrogens is 347 g/mol. The van der Waals surface area contributed by atoms with E-state index in [0.29, 0.717) is 0 Å². The van der Waals surface area contributed by atoms with Crippen LogP contribution in [0.3, 0.4) is 0 Å². The van der Waals surface area contributed by atoms with Gasteiger partial charge in [0.15, 0.2) is 0 Å². The summed E-state index contributed by atoms with van der Waals surface area (Å²) in [4.78, 5) is 9.46. The molecule has 126 valence electrons. The lowest BCUT2D eigenvalue weighted by Crippen LogP contribution is -2.69. The molecule has 0 heterocycles. The van der Waals surface area contributed by atoms with Crippen molar-refractivity contribution in [3.05, 3.63) is 0 Å². The van der Waals surface area contributed by atoms with Crippen LogP contribution in [0, 0.1) is 0 Å². The topological polar surface area (TPSA) is 17.1 Å². The van der Waals surface area contributed by atoms with Crippen LogP contribution >= 0.6 is 0 Å². The average molecular weight is 348 g/mol. The molecule has 0 radical (unpaired) electrons. The second-order valence-corrected chi connectivity index (χ2v) is 3.49. The van der Waals surface area contributed by atoms with Crippen molar-refractivity contribution in [2.45, 2.75) is 36.0 Å². The number of halogens is 13. The summed E-state index contributed by atoms with van der Waals surface area (Å²) in [6.07, 6.45) is -5.65. The molecule has 14 heteroatoms. The van der Waals surface area contributed by atoms with E-state index in [1.54, 1.807) is 0 Å². The zero-order valence-electron chi connectivity index (χ0n) is 8.90. The van der Waals surface area contributed by atoms with Crippen molar-refractivity contribution in [1.29, 1.82) is 0 Å². The van der Waals surface area contributed by atoms with E-state index < -0.39 is 42.1 Å². The number of alkyl halides is 12. The Balaban J connectivity index is 6.15. The highest BCUT2D eigenvalue weighted by Gasteiger charge is 2.89. The second kappa shape index (κ2) is 4.90. The van der Waals surface area contributed by atoms with Crippen molar-refractivity contribution in [3.8, 4) is 0 Å². The van der Waals surface area contributed by atoms with Gasteiger partial charge in [-0.25, -0.2) is 8.78 Å². The maximum Gasteiger partial charge on any atom is 0.404 e. The van der Waals surface area contributed by atoms with Crippen molar-refractivity contribution in [2.24, 2.45) is 0 Å². The predicted octanol–water partition coefficient (Wildman–Crippen LogP) is 3.92. The molecule has 0 unspecified atom stereocenters. The van der Waals surface area contributed by atoms with Gasteiger partial charge in [-0.15, -0.1) is 0 Å². The lowest BCUT2D eigenvalue weighted by Gasteiger charge is -2.37. The molecule has 0 saturated heterocycles. The zero-order valence-corrected chi connectivity index (χ0v) is 8.90. The van der Waals surface area contributed by atoms with E-state index in [0.717, 1.165) is 0 Å². The SMILES string of the molecule is O=C(F)C(F)(F)C(F)(F)C(F)(F)C(F)(F)C(F)(F)C(F)F. The molecule has 0 bridgehead atoms. The van der Waals surface area contributed by atoms with E-state index in [2.05, 4.69) is 0 Å². The summed E-state index contributed by atoms with van der Waals surface area (Å²) in [7, 11) is 0. The first-order valence-corrected chi connectivity index (χ1v) is 4.26. The van der Waals surface area contributed by atoms with Crippen LogP contribution in [0.15, 0.2) is 0 Å². The first-order valence-electron chi connectivity index (χ1n) is 4.26. The molecular formula is C7HF13O. The molecule has 0 aromatic rings. The first kappa shape index (κ1) is 19.8. The summed E-state index contributed by atoms with van der Waals surface area (Å²) >= 11 is 0. The van der Waals surface area contributed by atoms with E-state index in [-0.39, 0.29) is 0 Å². The first-order chi connectivity index (χ1) is 8.89. The Morgan fingerprint density at radius 1 is 0.667 bits per heavy atom. The van der Waals surface area contributed by atoms with Gasteiger partial charge in [-0.2, -0.15) is 48.3 Å². The third-order valence-corrected chi connectivity index (χ3v) is 2.12. The molecule has 21 heavy (non-hydrogen) atoms. The average Bonchev–Trinajstić information content (AvgIpc) is 2.27.